The van der Waals surface area contributed by atoms with Crippen LogP contribution >= 0.6 is 0 Å². The van der Waals surface area contributed by atoms with Gasteiger partial charge in [0.15, 0.2) is 0 Å². The summed E-state index contributed by atoms with van der Waals surface area (Å²) in [5.74, 6) is 0.277. The molecule has 2 aromatic rings. The highest BCUT2D eigenvalue weighted by Gasteiger charge is 2.40. The number of likely N-dealkylation sites (tertiary alicyclic amines) is 1. The number of rotatable bonds is 4. The van der Waals surface area contributed by atoms with Crippen LogP contribution in [0.15, 0.2) is 36.8 Å². The Hall–Kier alpha value is -2.76. The summed E-state index contributed by atoms with van der Waals surface area (Å²) in [6, 6.07) is 8.28. The number of benzene rings is 1. The molecule has 6 heteroatoms. The highest BCUT2D eigenvalue weighted by molar-refractivity contribution is 5.95. The van der Waals surface area contributed by atoms with Gasteiger partial charge in [-0.25, -0.2) is 9.97 Å². The molecule has 2 atom stereocenters. The fourth-order valence-electron chi connectivity index (χ4n) is 3.68. The van der Waals surface area contributed by atoms with E-state index in [0.717, 1.165) is 18.4 Å². The molecule has 1 saturated heterocycles. The fourth-order valence-corrected chi connectivity index (χ4v) is 3.68. The monoisotopic (exact) mass is 364 g/mol. The van der Waals surface area contributed by atoms with Gasteiger partial charge in [-0.2, -0.15) is 0 Å². The van der Waals surface area contributed by atoms with Gasteiger partial charge in [-0.15, -0.1) is 0 Å². The number of carbonyl (C=O) groups excluding carboxylic acids is 2. The van der Waals surface area contributed by atoms with E-state index in [1.807, 2.05) is 11.8 Å². The van der Waals surface area contributed by atoms with Gasteiger partial charge >= 0.3 is 0 Å². The predicted octanol–water partition coefficient (Wildman–Crippen LogP) is 2.23. The molecule has 27 heavy (non-hydrogen) atoms. The lowest BCUT2D eigenvalue weighted by Crippen LogP contribution is -2.41. The molecule has 2 aliphatic rings. The zero-order valence-corrected chi connectivity index (χ0v) is 15.7. The Morgan fingerprint density at radius 3 is 2.52 bits per heavy atom. The van der Waals surface area contributed by atoms with Crippen molar-refractivity contribution < 1.29 is 9.59 Å². The molecule has 6 nitrogen and oxygen atoms in total. The Bertz CT molecular complexity index is 861. The van der Waals surface area contributed by atoms with Crippen molar-refractivity contribution in [3.8, 4) is 0 Å². The molecule has 1 aromatic carbocycles. The lowest BCUT2D eigenvalue weighted by molar-refractivity contribution is -0.123. The Morgan fingerprint density at radius 1 is 1.11 bits per heavy atom. The SMILES string of the molecule is Cc1ccc([C@@H]2CN(C(=O)c3cncnc3C)C[C@H]2NC(=O)C2CC2)cc1. The molecule has 1 N–H and O–H groups in total. The lowest BCUT2D eigenvalue weighted by atomic mass is 9.93. The summed E-state index contributed by atoms with van der Waals surface area (Å²) in [6.07, 6.45) is 4.96. The Kier molecular flexibility index (Phi) is 4.64. The summed E-state index contributed by atoms with van der Waals surface area (Å²) in [5, 5.41) is 3.19. The number of nitrogens with zero attached hydrogens (tertiary/aromatic N) is 3. The molecular weight excluding hydrogens is 340 g/mol. The molecule has 0 radical (unpaired) electrons. The third-order valence-electron chi connectivity index (χ3n) is 5.53. The summed E-state index contributed by atoms with van der Waals surface area (Å²) < 4.78 is 0. The first-order chi connectivity index (χ1) is 13.0. The Labute approximate surface area is 159 Å². The lowest BCUT2D eigenvalue weighted by Gasteiger charge is -2.20. The molecule has 1 aromatic heterocycles. The molecular formula is C21H24N4O2. The van der Waals surface area contributed by atoms with Gasteiger partial charge < -0.3 is 10.2 Å². The van der Waals surface area contributed by atoms with Crippen LogP contribution in [0, 0.1) is 19.8 Å². The molecule has 1 saturated carbocycles. The van der Waals surface area contributed by atoms with Crippen molar-refractivity contribution in [2.45, 2.75) is 38.6 Å². The van der Waals surface area contributed by atoms with Crippen molar-refractivity contribution in [1.82, 2.24) is 20.2 Å². The van der Waals surface area contributed by atoms with Crippen molar-refractivity contribution >= 4 is 11.8 Å². The highest BCUT2D eigenvalue weighted by atomic mass is 16.2. The van der Waals surface area contributed by atoms with Crippen molar-refractivity contribution in [1.29, 1.82) is 0 Å². The number of hydrogen-bond donors (Lipinski definition) is 1. The van der Waals surface area contributed by atoms with Crippen LogP contribution in [0.3, 0.4) is 0 Å². The number of nitrogens with one attached hydrogen (secondary N) is 1. The molecule has 0 spiro atoms. The first-order valence-electron chi connectivity index (χ1n) is 9.45. The van der Waals surface area contributed by atoms with E-state index in [9.17, 15) is 9.59 Å². The molecule has 2 heterocycles. The van der Waals surface area contributed by atoms with Gasteiger partial charge in [0.2, 0.25) is 5.91 Å². The van der Waals surface area contributed by atoms with Crippen LogP contribution in [0.2, 0.25) is 0 Å². The van der Waals surface area contributed by atoms with Crippen LogP contribution in [0.4, 0.5) is 0 Å². The van der Waals surface area contributed by atoms with Gasteiger partial charge in [-0.3, -0.25) is 9.59 Å². The van der Waals surface area contributed by atoms with Crippen LogP contribution in [0.25, 0.3) is 0 Å². The van der Waals surface area contributed by atoms with E-state index in [-0.39, 0.29) is 29.7 Å². The van der Waals surface area contributed by atoms with Gasteiger partial charge in [0.05, 0.1) is 17.3 Å². The molecule has 140 valence electrons. The third kappa shape index (κ3) is 3.70. The van der Waals surface area contributed by atoms with E-state index in [1.165, 1.54) is 11.9 Å². The topological polar surface area (TPSA) is 75.2 Å². The van der Waals surface area contributed by atoms with Gasteiger partial charge in [-0.1, -0.05) is 29.8 Å². The van der Waals surface area contributed by atoms with Gasteiger partial charge in [0.25, 0.3) is 5.91 Å². The standard InChI is InChI=1S/C21H24N4O2/c1-13-3-5-15(6-4-13)18-10-25(11-19(18)24-20(26)16-7-8-16)21(27)17-9-22-12-23-14(17)2/h3-6,9,12,16,18-19H,7-8,10-11H2,1-2H3,(H,24,26)/t18-,19+/m0/s1. The number of aromatic nitrogens is 2. The van der Waals surface area contributed by atoms with E-state index >= 15 is 0 Å². The minimum Gasteiger partial charge on any atom is -0.351 e. The normalized spacial score (nSPS) is 21.9. The van der Waals surface area contributed by atoms with Gasteiger partial charge in [0.1, 0.15) is 6.33 Å². The van der Waals surface area contributed by atoms with E-state index in [2.05, 4.69) is 46.5 Å². The summed E-state index contributed by atoms with van der Waals surface area (Å²) in [5.41, 5.74) is 3.54. The van der Waals surface area contributed by atoms with Crippen molar-refractivity contribution in [2.75, 3.05) is 13.1 Å². The molecule has 1 aliphatic carbocycles. The number of carbonyl (C=O) groups is 2. The van der Waals surface area contributed by atoms with E-state index < -0.39 is 0 Å². The zero-order chi connectivity index (χ0) is 19.0. The molecule has 2 amide bonds. The highest BCUT2D eigenvalue weighted by Crippen LogP contribution is 2.32. The van der Waals surface area contributed by atoms with Crippen LogP contribution in [0.1, 0.15) is 45.9 Å². The van der Waals surface area contributed by atoms with Crippen molar-refractivity contribution in [2.24, 2.45) is 5.92 Å². The average Bonchev–Trinajstić information content (AvgIpc) is 3.44. The average molecular weight is 364 g/mol. The summed E-state index contributed by atoms with van der Waals surface area (Å²) in [6.45, 7) is 4.95. The quantitative estimate of drug-likeness (QED) is 0.903. The minimum absolute atomic E-state index is 0.0744. The first-order valence-corrected chi connectivity index (χ1v) is 9.45. The first kappa shape index (κ1) is 17.6. The molecule has 0 bridgehead atoms. The van der Waals surface area contributed by atoms with Crippen LogP contribution in [0.5, 0.6) is 0 Å². The fraction of sp³-hybridized carbons (Fsp3) is 0.429. The molecule has 1 aliphatic heterocycles. The smallest absolute Gasteiger partial charge is 0.257 e. The van der Waals surface area contributed by atoms with Crippen LogP contribution in [-0.2, 0) is 4.79 Å². The van der Waals surface area contributed by atoms with Crippen LogP contribution < -0.4 is 5.32 Å². The maximum absolute atomic E-state index is 13.0. The van der Waals surface area contributed by atoms with E-state index in [4.69, 9.17) is 0 Å². The summed E-state index contributed by atoms with van der Waals surface area (Å²) in [4.78, 5) is 35.3. The number of aryl methyl sites for hydroxylation is 2. The maximum atomic E-state index is 13.0. The Balaban J connectivity index is 1.58. The van der Waals surface area contributed by atoms with Crippen molar-refractivity contribution in [3.63, 3.8) is 0 Å². The minimum atomic E-state index is -0.0756. The Morgan fingerprint density at radius 2 is 1.85 bits per heavy atom. The second kappa shape index (κ2) is 7.10. The van der Waals surface area contributed by atoms with Crippen LogP contribution in [-0.4, -0.2) is 45.8 Å². The zero-order valence-electron chi connectivity index (χ0n) is 15.7. The molecule has 2 fully saturated rings. The van der Waals surface area contributed by atoms with Crippen molar-refractivity contribution in [3.05, 3.63) is 59.2 Å². The molecule has 0 unspecified atom stereocenters. The summed E-state index contributed by atoms with van der Waals surface area (Å²) in [7, 11) is 0. The third-order valence-corrected chi connectivity index (χ3v) is 5.53. The molecule has 4 rings (SSSR count). The maximum Gasteiger partial charge on any atom is 0.257 e. The van der Waals surface area contributed by atoms with E-state index in [0.29, 0.717) is 24.3 Å². The van der Waals surface area contributed by atoms with Gasteiger partial charge in [-0.05, 0) is 32.3 Å². The largest absolute Gasteiger partial charge is 0.351 e. The summed E-state index contributed by atoms with van der Waals surface area (Å²) >= 11 is 0. The van der Waals surface area contributed by atoms with Gasteiger partial charge in [0, 0.05) is 31.1 Å². The van der Waals surface area contributed by atoms with E-state index in [1.54, 1.807) is 6.20 Å². The predicted molar refractivity (Wildman–Crippen MR) is 101 cm³/mol. The number of amides is 2. The second-order valence-corrected chi connectivity index (χ2v) is 7.64. The second-order valence-electron chi connectivity index (χ2n) is 7.64. The number of hydrogen-bond acceptors (Lipinski definition) is 4.